The van der Waals surface area contributed by atoms with Crippen molar-refractivity contribution >= 4 is 18.2 Å². The van der Waals surface area contributed by atoms with E-state index in [9.17, 15) is 19.8 Å². The molecule has 35 heavy (non-hydrogen) atoms. The van der Waals surface area contributed by atoms with Gasteiger partial charge in [-0.2, -0.15) is 5.10 Å². The van der Waals surface area contributed by atoms with E-state index >= 15 is 0 Å². The lowest BCUT2D eigenvalue weighted by Gasteiger charge is -2.28. The van der Waals surface area contributed by atoms with Crippen molar-refractivity contribution in [3.05, 3.63) is 64.9 Å². The molecule has 0 bridgehead atoms. The van der Waals surface area contributed by atoms with E-state index < -0.39 is 24.3 Å². The Labute approximate surface area is 202 Å². The van der Waals surface area contributed by atoms with E-state index in [4.69, 9.17) is 14.2 Å². The van der Waals surface area contributed by atoms with E-state index in [1.54, 1.807) is 44.2 Å². The zero-order chi connectivity index (χ0) is 25.4. The molecule has 0 aliphatic carbocycles. The molecule has 11 nitrogen and oxygen atoms in total. The molecule has 0 aromatic heterocycles. The molecule has 186 valence electrons. The molecule has 2 amide bonds. The average Bonchev–Trinajstić information content (AvgIpc) is 2.83. The van der Waals surface area contributed by atoms with Gasteiger partial charge in [0.1, 0.15) is 12.4 Å². The van der Waals surface area contributed by atoms with E-state index in [0.717, 1.165) is 5.56 Å². The Morgan fingerprint density at radius 3 is 2.63 bits per heavy atom. The lowest BCUT2D eigenvalue weighted by Crippen LogP contribution is -2.45. The molecule has 5 N–H and O–H groups in total. The van der Waals surface area contributed by atoms with Crippen LogP contribution in [0.25, 0.3) is 0 Å². The fourth-order valence-corrected chi connectivity index (χ4v) is 3.38. The van der Waals surface area contributed by atoms with E-state index in [0.29, 0.717) is 29.4 Å². The topological polar surface area (TPSA) is 151 Å². The number of carbonyl (C=O) groups excluding carboxylic acids is 2. The van der Waals surface area contributed by atoms with Crippen LogP contribution in [0.3, 0.4) is 0 Å². The number of nitrogens with zero attached hydrogens (tertiary/aromatic N) is 1. The fourth-order valence-electron chi connectivity index (χ4n) is 3.38. The number of urea groups is 1. The van der Waals surface area contributed by atoms with Gasteiger partial charge in [0.15, 0.2) is 17.7 Å². The zero-order valence-corrected chi connectivity index (χ0v) is 19.6. The van der Waals surface area contributed by atoms with Crippen molar-refractivity contribution in [2.24, 2.45) is 5.10 Å². The van der Waals surface area contributed by atoms with Crippen molar-refractivity contribution in [2.45, 2.75) is 26.1 Å². The maximum Gasteiger partial charge on any atom is 0.337 e. The summed E-state index contributed by atoms with van der Waals surface area (Å²) in [6.45, 7) is 3.64. The average molecular weight is 485 g/mol. The number of ether oxygens (including phenoxy) is 3. The van der Waals surface area contributed by atoms with Gasteiger partial charge in [-0.3, -0.25) is 5.43 Å². The molecule has 3 rings (SSSR count). The van der Waals surface area contributed by atoms with Crippen LogP contribution in [0.5, 0.6) is 17.2 Å². The molecule has 2 aromatic carbocycles. The van der Waals surface area contributed by atoms with Crippen LogP contribution in [-0.4, -0.2) is 55.0 Å². The van der Waals surface area contributed by atoms with Crippen molar-refractivity contribution in [3.63, 3.8) is 0 Å². The summed E-state index contributed by atoms with van der Waals surface area (Å²) in [5.74, 6) is 0.314. The number of hydrogen-bond acceptors (Lipinski definition) is 9. The molecular weight excluding hydrogens is 456 g/mol. The third kappa shape index (κ3) is 6.64. The first-order chi connectivity index (χ1) is 16.8. The highest BCUT2D eigenvalue weighted by Gasteiger charge is 2.32. The van der Waals surface area contributed by atoms with Crippen LogP contribution in [-0.2, 0) is 9.53 Å². The van der Waals surface area contributed by atoms with Gasteiger partial charge in [0.25, 0.3) is 0 Å². The molecule has 0 spiro atoms. The number of esters is 1. The Morgan fingerprint density at radius 2 is 1.94 bits per heavy atom. The van der Waals surface area contributed by atoms with Gasteiger partial charge < -0.3 is 35.1 Å². The first-order valence-electron chi connectivity index (χ1n) is 10.8. The lowest BCUT2D eigenvalue weighted by atomic mass is 9.95. The number of aromatic hydroxyl groups is 1. The number of rotatable bonds is 10. The Bertz CT molecular complexity index is 1120. The number of hydrogen-bond donors (Lipinski definition) is 5. The standard InChI is InChI=1S/C24H28N4O7/c1-4-34-19-11-16(22-21(23(31)33-3)14(2)26-24(32)27-22)7-10-18(19)35-13-20(30)28-25-12-15-5-8-17(29)9-6-15/h5-12,20,22,28-30H,4,13H2,1-3H3,(H2,26,27,32)/b25-12-/t20-,22-/m1/s1. The van der Waals surface area contributed by atoms with Crippen LogP contribution in [0.15, 0.2) is 58.8 Å². The minimum absolute atomic E-state index is 0.136. The summed E-state index contributed by atoms with van der Waals surface area (Å²) in [4.78, 5) is 24.4. The number of nitrogens with one attached hydrogen (secondary N) is 3. The number of allylic oxidation sites excluding steroid dienone is 1. The largest absolute Gasteiger partial charge is 0.508 e. The number of carbonyl (C=O) groups is 2. The van der Waals surface area contributed by atoms with Crippen LogP contribution in [0, 0.1) is 0 Å². The van der Waals surface area contributed by atoms with Crippen molar-refractivity contribution in [1.29, 1.82) is 0 Å². The van der Waals surface area contributed by atoms with Gasteiger partial charge in [-0.25, -0.2) is 9.59 Å². The second kappa shape index (κ2) is 11.7. The first-order valence-corrected chi connectivity index (χ1v) is 10.8. The van der Waals surface area contributed by atoms with E-state index in [-0.39, 0.29) is 17.9 Å². The smallest absolute Gasteiger partial charge is 0.337 e. The summed E-state index contributed by atoms with van der Waals surface area (Å²) in [5.41, 5.74) is 4.54. The van der Waals surface area contributed by atoms with Crippen LogP contribution in [0.4, 0.5) is 4.79 Å². The summed E-state index contributed by atoms with van der Waals surface area (Å²) in [7, 11) is 1.27. The van der Waals surface area contributed by atoms with Crippen LogP contribution >= 0.6 is 0 Å². The van der Waals surface area contributed by atoms with E-state index in [2.05, 4.69) is 21.2 Å². The molecule has 1 heterocycles. The fraction of sp³-hybridized carbons (Fsp3) is 0.292. The SMILES string of the molecule is CCOc1cc([C@H]2NC(=O)NC(C)=C2C(=O)OC)ccc1OC[C@@H](O)N/N=C\c1ccc(O)cc1. The number of methoxy groups -OCH3 is 1. The Hall–Kier alpha value is -4.25. The summed E-state index contributed by atoms with van der Waals surface area (Å²) >= 11 is 0. The van der Waals surface area contributed by atoms with E-state index in [1.165, 1.54) is 25.5 Å². The Morgan fingerprint density at radius 1 is 1.20 bits per heavy atom. The zero-order valence-electron chi connectivity index (χ0n) is 19.6. The molecular formula is C24H28N4O7. The first kappa shape index (κ1) is 25.4. The van der Waals surface area contributed by atoms with Gasteiger partial charge in [0.2, 0.25) is 0 Å². The monoisotopic (exact) mass is 484 g/mol. The second-order valence-electron chi connectivity index (χ2n) is 7.51. The molecule has 2 aromatic rings. The quantitative estimate of drug-likeness (QED) is 0.149. The summed E-state index contributed by atoms with van der Waals surface area (Å²) in [6.07, 6.45) is 0.378. The van der Waals surface area contributed by atoms with Gasteiger partial charge in [-0.15, -0.1) is 0 Å². The van der Waals surface area contributed by atoms with Crippen LogP contribution in [0.2, 0.25) is 0 Å². The number of aliphatic hydroxyl groups excluding tert-OH is 1. The number of benzene rings is 2. The highest BCUT2D eigenvalue weighted by atomic mass is 16.5. The van der Waals surface area contributed by atoms with Gasteiger partial charge in [-0.05, 0) is 61.4 Å². The van der Waals surface area contributed by atoms with E-state index in [1.807, 2.05) is 0 Å². The summed E-state index contributed by atoms with van der Waals surface area (Å²) in [5, 5.41) is 28.7. The maximum atomic E-state index is 12.3. The predicted molar refractivity (Wildman–Crippen MR) is 127 cm³/mol. The Kier molecular flexibility index (Phi) is 8.52. The molecule has 0 unspecified atom stereocenters. The molecule has 2 atom stereocenters. The van der Waals surface area contributed by atoms with Gasteiger partial charge in [0.05, 0.1) is 31.5 Å². The van der Waals surface area contributed by atoms with Gasteiger partial charge in [-0.1, -0.05) is 6.07 Å². The molecule has 0 saturated heterocycles. The van der Waals surface area contributed by atoms with Gasteiger partial charge in [0, 0.05) is 5.70 Å². The second-order valence-corrected chi connectivity index (χ2v) is 7.51. The molecule has 0 fully saturated rings. The normalized spacial score (nSPS) is 16.3. The highest BCUT2D eigenvalue weighted by Crippen LogP contribution is 2.34. The van der Waals surface area contributed by atoms with Crippen molar-refractivity contribution in [2.75, 3.05) is 20.3 Å². The highest BCUT2D eigenvalue weighted by molar-refractivity contribution is 5.95. The minimum atomic E-state index is -1.11. The van der Waals surface area contributed by atoms with Gasteiger partial charge >= 0.3 is 12.0 Å². The number of phenols is 1. The lowest BCUT2D eigenvalue weighted by molar-refractivity contribution is -0.136. The third-order valence-corrected chi connectivity index (χ3v) is 5.00. The molecule has 11 heteroatoms. The number of amides is 2. The van der Waals surface area contributed by atoms with Crippen LogP contribution < -0.4 is 25.5 Å². The van der Waals surface area contributed by atoms with Crippen LogP contribution in [0.1, 0.15) is 31.0 Å². The minimum Gasteiger partial charge on any atom is -0.508 e. The summed E-state index contributed by atoms with van der Waals surface area (Å²) < 4.78 is 16.3. The Balaban J connectivity index is 1.71. The van der Waals surface area contributed by atoms with Crippen molar-refractivity contribution in [1.82, 2.24) is 16.1 Å². The molecule has 1 aliphatic heterocycles. The number of aliphatic hydroxyl groups is 1. The predicted octanol–water partition coefficient (Wildman–Crippen LogP) is 1.91. The van der Waals surface area contributed by atoms with Crippen molar-refractivity contribution < 1.29 is 34.0 Å². The molecule has 1 aliphatic rings. The van der Waals surface area contributed by atoms with Crippen molar-refractivity contribution in [3.8, 4) is 17.2 Å². The number of phenolic OH excluding ortho intramolecular Hbond substituents is 1. The number of hydrazone groups is 1. The third-order valence-electron chi connectivity index (χ3n) is 5.00. The molecule has 0 saturated carbocycles. The summed E-state index contributed by atoms with van der Waals surface area (Å²) in [6, 6.07) is 10.2. The molecule has 0 radical (unpaired) electrons. The maximum absolute atomic E-state index is 12.3.